The summed E-state index contributed by atoms with van der Waals surface area (Å²) >= 11 is 0. The zero-order chi connectivity index (χ0) is 14.8. The average Bonchev–Trinajstić information content (AvgIpc) is 3.26. The number of hydrogen-bond acceptors (Lipinski definition) is 2. The van der Waals surface area contributed by atoms with E-state index >= 15 is 0 Å². The Morgan fingerprint density at radius 2 is 2.05 bits per heavy atom. The highest BCUT2D eigenvalue weighted by Gasteiger charge is 2.46. The monoisotopic (exact) mass is 328 g/mol. The molecule has 3 rings (SSSR count). The van der Waals surface area contributed by atoms with E-state index in [0.717, 1.165) is 19.5 Å². The zero-order valence-electron chi connectivity index (χ0n) is 12.1. The number of hydrogen-bond donors (Lipinski definition) is 2. The normalized spacial score (nSPS) is 23.3. The maximum Gasteiger partial charge on any atom is 0.224 e. The molecule has 0 bridgehead atoms. The molecule has 1 aromatic carbocycles. The molecule has 1 saturated carbocycles. The van der Waals surface area contributed by atoms with Gasteiger partial charge in [-0.25, -0.2) is 8.78 Å². The average molecular weight is 329 g/mol. The van der Waals surface area contributed by atoms with Crippen LogP contribution in [0.4, 0.5) is 8.78 Å². The molecule has 1 aliphatic carbocycles. The Labute approximate surface area is 134 Å². The Bertz CT molecular complexity index is 571. The molecule has 0 saturated heterocycles. The first kappa shape index (κ1) is 16.9. The van der Waals surface area contributed by atoms with Crippen molar-refractivity contribution in [3.8, 4) is 0 Å². The Morgan fingerprint density at radius 3 is 2.68 bits per heavy atom. The van der Waals surface area contributed by atoms with Crippen LogP contribution in [0.5, 0.6) is 0 Å². The van der Waals surface area contributed by atoms with E-state index < -0.39 is 11.6 Å². The summed E-state index contributed by atoms with van der Waals surface area (Å²) in [5.74, 6) is -1.86. The van der Waals surface area contributed by atoms with Gasteiger partial charge < -0.3 is 10.6 Å². The Kier molecular flexibility index (Phi) is 5.53. The van der Waals surface area contributed by atoms with Crippen LogP contribution < -0.4 is 10.6 Å². The molecule has 2 N–H and O–H groups in total. The van der Waals surface area contributed by atoms with E-state index in [0.29, 0.717) is 13.0 Å². The molecule has 1 amide bonds. The Balaban J connectivity index is 0.00000176. The molecule has 1 fully saturated rings. The molecular formula is C16H19ClF2N2O. The lowest BCUT2D eigenvalue weighted by atomic mass is 10.1. The molecule has 6 heteroatoms. The molecule has 0 radical (unpaired) electrons. The van der Waals surface area contributed by atoms with Crippen molar-refractivity contribution in [1.82, 2.24) is 10.6 Å². The van der Waals surface area contributed by atoms with Crippen molar-refractivity contribution in [2.45, 2.75) is 18.8 Å². The lowest BCUT2D eigenvalue weighted by molar-refractivity contribution is -0.122. The van der Waals surface area contributed by atoms with E-state index in [1.807, 2.05) is 0 Å². The third kappa shape index (κ3) is 3.65. The van der Waals surface area contributed by atoms with Crippen molar-refractivity contribution >= 4 is 18.3 Å². The van der Waals surface area contributed by atoms with E-state index in [4.69, 9.17) is 0 Å². The van der Waals surface area contributed by atoms with E-state index in [9.17, 15) is 13.6 Å². The third-order valence-electron chi connectivity index (χ3n) is 4.15. The lowest BCUT2D eigenvalue weighted by Gasteiger charge is -2.14. The van der Waals surface area contributed by atoms with E-state index in [1.54, 1.807) is 0 Å². The topological polar surface area (TPSA) is 41.1 Å². The summed E-state index contributed by atoms with van der Waals surface area (Å²) in [6, 6.07) is 3.83. The van der Waals surface area contributed by atoms with Gasteiger partial charge in [-0.2, -0.15) is 0 Å². The van der Waals surface area contributed by atoms with Crippen LogP contribution in [0.1, 0.15) is 24.3 Å². The smallest absolute Gasteiger partial charge is 0.224 e. The van der Waals surface area contributed by atoms with Crippen LogP contribution in [-0.2, 0) is 4.79 Å². The van der Waals surface area contributed by atoms with Gasteiger partial charge in [0.25, 0.3) is 0 Å². The first-order chi connectivity index (χ1) is 10.2. The van der Waals surface area contributed by atoms with Crippen molar-refractivity contribution in [2.24, 2.45) is 5.92 Å². The van der Waals surface area contributed by atoms with Crippen molar-refractivity contribution in [2.75, 3.05) is 19.6 Å². The third-order valence-corrected chi connectivity index (χ3v) is 4.15. The van der Waals surface area contributed by atoms with Crippen LogP contribution in [-0.4, -0.2) is 25.5 Å². The highest BCUT2D eigenvalue weighted by molar-refractivity contribution is 5.85. The van der Waals surface area contributed by atoms with E-state index in [2.05, 4.69) is 16.7 Å². The number of benzene rings is 1. The van der Waals surface area contributed by atoms with Gasteiger partial charge in [-0.3, -0.25) is 4.79 Å². The lowest BCUT2D eigenvalue weighted by Crippen LogP contribution is -2.30. The second kappa shape index (κ2) is 7.20. The summed E-state index contributed by atoms with van der Waals surface area (Å²) in [4.78, 5) is 12.1. The first-order valence-electron chi connectivity index (χ1n) is 7.27. The minimum atomic E-state index is -0.559. The second-order valence-corrected chi connectivity index (χ2v) is 5.62. The molecule has 22 heavy (non-hydrogen) atoms. The maximum absolute atomic E-state index is 13.7. The SMILES string of the molecule is Cl.O=C(NCC1=CCNCC1)C1CC1c1c(F)cccc1F. The number of rotatable bonds is 4. The minimum Gasteiger partial charge on any atom is -0.352 e. The van der Waals surface area contributed by atoms with Crippen LogP contribution in [0.2, 0.25) is 0 Å². The Hall–Kier alpha value is -1.46. The molecular weight excluding hydrogens is 310 g/mol. The summed E-state index contributed by atoms with van der Waals surface area (Å²) in [5.41, 5.74) is 1.26. The van der Waals surface area contributed by atoms with Gasteiger partial charge in [0, 0.05) is 30.5 Å². The summed E-state index contributed by atoms with van der Waals surface area (Å²) < 4.78 is 27.3. The molecule has 2 aliphatic rings. The molecule has 1 aromatic rings. The molecule has 2 atom stereocenters. The number of amides is 1. The van der Waals surface area contributed by atoms with Crippen molar-refractivity contribution < 1.29 is 13.6 Å². The minimum absolute atomic E-state index is 0. The number of halogens is 3. The summed E-state index contributed by atoms with van der Waals surface area (Å²) in [5, 5.41) is 6.08. The first-order valence-corrected chi connectivity index (χ1v) is 7.27. The Morgan fingerprint density at radius 1 is 1.32 bits per heavy atom. The van der Waals surface area contributed by atoms with Gasteiger partial charge in [0.05, 0.1) is 0 Å². The highest BCUT2D eigenvalue weighted by Crippen LogP contribution is 2.49. The van der Waals surface area contributed by atoms with Gasteiger partial charge in [0.2, 0.25) is 5.91 Å². The molecule has 3 nitrogen and oxygen atoms in total. The number of carbonyl (C=O) groups is 1. The number of nitrogens with one attached hydrogen (secondary N) is 2. The number of carbonyl (C=O) groups excluding carboxylic acids is 1. The van der Waals surface area contributed by atoms with E-state index in [1.165, 1.54) is 23.8 Å². The predicted octanol–water partition coefficient (Wildman–Crippen LogP) is 2.53. The second-order valence-electron chi connectivity index (χ2n) is 5.62. The van der Waals surface area contributed by atoms with Crippen LogP contribution in [0, 0.1) is 17.6 Å². The summed E-state index contributed by atoms with van der Waals surface area (Å²) in [7, 11) is 0. The molecule has 120 valence electrons. The summed E-state index contributed by atoms with van der Waals surface area (Å²) in [6.45, 7) is 2.29. The standard InChI is InChI=1S/C16H18F2N2O.ClH/c17-13-2-1-3-14(18)15(13)11-8-12(11)16(21)20-9-10-4-6-19-7-5-10;/h1-4,11-12,19H,5-9H2,(H,20,21);1H. The van der Waals surface area contributed by atoms with Gasteiger partial charge in [0.1, 0.15) is 11.6 Å². The van der Waals surface area contributed by atoms with Gasteiger partial charge in [-0.1, -0.05) is 17.7 Å². The van der Waals surface area contributed by atoms with Gasteiger partial charge in [-0.15, -0.1) is 12.4 Å². The fourth-order valence-corrected chi connectivity index (χ4v) is 2.83. The predicted molar refractivity (Wildman–Crippen MR) is 83.0 cm³/mol. The van der Waals surface area contributed by atoms with Crippen molar-refractivity contribution in [1.29, 1.82) is 0 Å². The van der Waals surface area contributed by atoms with E-state index in [-0.39, 0.29) is 35.7 Å². The quantitative estimate of drug-likeness (QED) is 0.834. The van der Waals surface area contributed by atoms with Crippen molar-refractivity contribution in [3.05, 3.63) is 47.0 Å². The highest BCUT2D eigenvalue weighted by atomic mass is 35.5. The molecule has 1 heterocycles. The van der Waals surface area contributed by atoms with Crippen LogP contribution >= 0.6 is 12.4 Å². The van der Waals surface area contributed by atoms with Crippen LogP contribution in [0.3, 0.4) is 0 Å². The van der Waals surface area contributed by atoms with Crippen LogP contribution in [0.25, 0.3) is 0 Å². The maximum atomic E-state index is 13.7. The van der Waals surface area contributed by atoms with Gasteiger partial charge in [0.15, 0.2) is 0 Å². The van der Waals surface area contributed by atoms with Gasteiger partial charge >= 0.3 is 0 Å². The fourth-order valence-electron chi connectivity index (χ4n) is 2.83. The zero-order valence-corrected chi connectivity index (χ0v) is 12.9. The molecule has 0 aromatic heterocycles. The summed E-state index contributed by atoms with van der Waals surface area (Å²) in [6.07, 6.45) is 3.52. The fraction of sp³-hybridized carbons (Fsp3) is 0.438. The van der Waals surface area contributed by atoms with Crippen LogP contribution in [0.15, 0.2) is 29.8 Å². The largest absolute Gasteiger partial charge is 0.352 e. The molecule has 2 unspecified atom stereocenters. The van der Waals surface area contributed by atoms with Crippen molar-refractivity contribution in [3.63, 3.8) is 0 Å². The molecule has 0 spiro atoms. The van der Waals surface area contributed by atoms with Gasteiger partial charge in [-0.05, 0) is 31.5 Å². The molecule has 1 aliphatic heterocycles.